The van der Waals surface area contributed by atoms with Gasteiger partial charge in [0.15, 0.2) is 11.6 Å². The number of nitrogens with one attached hydrogen (secondary N) is 1. The van der Waals surface area contributed by atoms with Gasteiger partial charge in [-0.3, -0.25) is 19.6 Å². The molecule has 0 atom stereocenters. The van der Waals surface area contributed by atoms with E-state index < -0.39 is 5.82 Å². The van der Waals surface area contributed by atoms with Crippen LogP contribution < -0.4 is 15.0 Å². The lowest BCUT2D eigenvalue weighted by Gasteiger charge is -2.16. The smallest absolute Gasteiger partial charge is 0.234 e. The maximum atomic E-state index is 15.2. The minimum Gasteiger partial charge on any atom is -0.453 e. The van der Waals surface area contributed by atoms with Crippen molar-refractivity contribution in [2.24, 2.45) is 0 Å². The topological polar surface area (TPSA) is 103 Å². The Kier molecular flexibility index (Phi) is 12.7. The monoisotopic (exact) mass is 670 g/mol. The van der Waals surface area contributed by atoms with E-state index in [4.69, 9.17) is 14.2 Å². The summed E-state index contributed by atoms with van der Waals surface area (Å²) in [5.41, 5.74) is 3.74. The molecule has 0 radical (unpaired) electrons. The van der Waals surface area contributed by atoms with Crippen molar-refractivity contribution in [2.45, 2.75) is 32.7 Å². The number of ether oxygens (including phenoxy) is 3. The SMILES string of the molecule is CCCOCCOCCNCc1ccc(-c2cc3nccc(Oc4ccc(CC(=O)CC(=O)N(C)c5ccccc5)cc4F)c3s2)nc1. The number of nitrogens with zero attached hydrogens (tertiary/aromatic N) is 3. The van der Waals surface area contributed by atoms with Crippen LogP contribution in [-0.4, -0.2) is 61.7 Å². The average Bonchev–Trinajstić information content (AvgIpc) is 3.54. The Hall–Kier alpha value is -4.55. The van der Waals surface area contributed by atoms with Crippen molar-refractivity contribution < 1.29 is 28.2 Å². The van der Waals surface area contributed by atoms with Gasteiger partial charge >= 0.3 is 0 Å². The standard InChI is InChI=1S/C37H39FN4O5S/c1-3-16-45-18-19-46-17-15-39-24-27-9-11-31(41-25-27)35-23-32-37(48-35)34(13-14-40-32)47-33-12-10-26(21-30(33)38)20-29(43)22-36(44)42(2)28-7-5-4-6-8-28/h4-14,21,23,25,39H,3,15-20,22,24H2,1-2H3. The molecule has 5 aromatic rings. The zero-order valence-electron chi connectivity index (χ0n) is 27.1. The minimum atomic E-state index is -0.604. The van der Waals surface area contributed by atoms with Crippen molar-refractivity contribution >= 4 is 38.9 Å². The number of amides is 1. The summed E-state index contributed by atoms with van der Waals surface area (Å²) in [7, 11) is 1.63. The molecule has 0 saturated carbocycles. The molecule has 0 unspecified atom stereocenters. The van der Waals surface area contributed by atoms with Gasteiger partial charge in [-0.1, -0.05) is 37.3 Å². The van der Waals surface area contributed by atoms with Gasteiger partial charge in [0.2, 0.25) is 5.91 Å². The van der Waals surface area contributed by atoms with E-state index in [9.17, 15) is 9.59 Å². The summed E-state index contributed by atoms with van der Waals surface area (Å²) in [5, 5.41) is 3.36. The molecular weight excluding hydrogens is 631 g/mol. The number of hydrogen-bond acceptors (Lipinski definition) is 9. The lowest BCUT2D eigenvalue weighted by atomic mass is 10.1. The number of anilines is 1. The van der Waals surface area contributed by atoms with Crippen molar-refractivity contribution in [1.82, 2.24) is 15.3 Å². The number of fused-ring (bicyclic) bond motifs is 1. The number of hydrogen-bond donors (Lipinski definition) is 1. The van der Waals surface area contributed by atoms with Gasteiger partial charge in [0.25, 0.3) is 0 Å². The van der Waals surface area contributed by atoms with Crippen LogP contribution in [0.3, 0.4) is 0 Å². The third kappa shape index (κ3) is 9.74. The number of pyridine rings is 2. The molecule has 48 heavy (non-hydrogen) atoms. The molecule has 0 aliphatic carbocycles. The maximum absolute atomic E-state index is 15.2. The molecule has 3 heterocycles. The van der Waals surface area contributed by atoms with E-state index in [-0.39, 0.29) is 30.3 Å². The lowest BCUT2D eigenvalue weighted by molar-refractivity contribution is -0.126. The van der Waals surface area contributed by atoms with E-state index in [2.05, 4.69) is 22.2 Å². The quantitative estimate of drug-likeness (QED) is 0.0787. The molecule has 5 rings (SSSR count). The van der Waals surface area contributed by atoms with E-state index in [0.717, 1.165) is 40.4 Å². The van der Waals surface area contributed by atoms with Crippen LogP contribution in [0, 0.1) is 5.82 Å². The summed E-state index contributed by atoms with van der Waals surface area (Å²) >= 11 is 1.46. The van der Waals surface area contributed by atoms with Crippen molar-refractivity contribution in [3.05, 3.63) is 102 Å². The molecule has 0 aliphatic rings. The van der Waals surface area contributed by atoms with Crippen LogP contribution in [0.5, 0.6) is 11.5 Å². The normalized spacial score (nSPS) is 11.1. The number of carbonyl (C=O) groups excluding carboxylic acids is 2. The van der Waals surface area contributed by atoms with Crippen LogP contribution in [0.15, 0.2) is 85.2 Å². The van der Waals surface area contributed by atoms with Gasteiger partial charge in [0.1, 0.15) is 11.5 Å². The number of Topliss-reactive ketones (excluding diaryl/α,β-unsaturated/α-hetero) is 1. The zero-order chi connectivity index (χ0) is 33.7. The van der Waals surface area contributed by atoms with Gasteiger partial charge in [-0.15, -0.1) is 11.3 Å². The maximum Gasteiger partial charge on any atom is 0.234 e. The van der Waals surface area contributed by atoms with Crippen LogP contribution in [0.4, 0.5) is 10.1 Å². The number of aromatic nitrogens is 2. The first-order valence-electron chi connectivity index (χ1n) is 15.9. The van der Waals surface area contributed by atoms with E-state index in [1.807, 2.05) is 42.6 Å². The molecule has 11 heteroatoms. The van der Waals surface area contributed by atoms with E-state index in [0.29, 0.717) is 48.9 Å². The molecule has 0 aliphatic heterocycles. The first kappa shape index (κ1) is 34.8. The minimum absolute atomic E-state index is 0.0266. The highest BCUT2D eigenvalue weighted by Crippen LogP contribution is 2.39. The van der Waals surface area contributed by atoms with Gasteiger partial charge in [-0.2, -0.15) is 0 Å². The summed E-state index contributed by atoms with van der Waals surface area (Å²) in [6.07, 6.45) is 4.13. The predicted molar refractivity (Wildman–Crippen MR) is 186 cm³/mol. The van der Waals surface area contributed by atoms with E-state index in [1.54, 1.807) is 37.5 Å². The zero-order valence-corrected chi connectivity index (χ0v) is 27.9. The molecule has 1 N–H and O–H groups in total. The molecule has 0 fully saturated rings. The van der Waals surface area contributed by atoms with E-state index >= 15 is 4.39 Å². The summed E-state index contributed by atoms with van der Waals surface area (Å²) < 4.78 is 32.9. The molecule has 0 bridgehead atoms. The molecule has 0 saturated heterocycles. The molecule has 0 spiro atoms. The van der Waals surface area contributed by atoms with Crippen molar-refractivity contribution in [3.8, 4) is 22.1 Å². The number of thiophene rings is 1. The Morgan fingerprint density at radius 3 is 2.44 bits per heavy atom. The molecule has 2 aromatic carbocycles. The second-order valence-electron chi connectivity index (χ2n) is 11.1. The van der Waals surface area contributed by atoms with Crippen LogP contribution in [0.1, 0.15) is 30.9 Å². The fraction of sp³-hybridized carbons (Fsp3) is 0.297. The largest absolute Gasteiger partial charge is 0.453 e. The van der Waals surface area contributed by atoms with Crippen LogP contribution >= 0.6 is 11.3 Å². The second kappa shape index (κ2) is 17.6. The molecular formula is C37H39FN4O5S. The van der Waals surface area contributed by atoms with Crippen molar-refractivity contribution in [2.75, 3.05) is 44.9 Å². The highest BCUT2D eigenvalue weighted by molar-refractivity contribution is 7.22. The number of para-hydroxylation sites is 1. The Balaban J connectivity index is 1.15. The first-order valence-corrected chi connectivity index (χ1v) is 16.7. The van der Waals surface area contributed by atoms with Gasteiger partial charge in [0, 0.05) is 57.3 Å². The first-order chi connectivity index (χ1) is 23.4. The third-order valence-electron chi connectivity index (χ3n) is 7.41. The summed E-state index contributed by atoms with van der Waals surface area (Å²) in [6.45, 7) is 6.08. The lowest BCUT2D eigenvalue weighted by Crippen LogP contribution is -2.28. The number of halogens is 1. The highest BCUT2D eigenvalue weighted by atomic mass is 32.1. The number of rotatable bonds is 18. The molecule has 3 aromatic heterocycles. The van der Waals surface area contributed by atoms with Crippen LogP contribution in [0.25, 0.3) is 20.8 Å². The average molecular weight is 671 g/mol. The Morgan fingerprint density at radius 2 is 1.69 bits per heavy atom. The summed E-state index contributed by atoms with van der Waals surface area (Å²) in [4.78, 5) is 36.7. The van der Waals surface area contributed by atoms with Gasteiger partial charge in [0.05, 0.1) is 47.0 Å². The van der Waals surface area contributed by atoms with Gasteiger partial charge in [-0.25, -0.2) is 4.39 Å². The van der Waals surface area contributed by atoms with Crippen molar-refractivity contribution in [1.29, 1.82) is 0 Å². The Bertz CT molecular complexity index is 1800. The molecule has 250 valence electrons. The molecule has 1 amide bonds. The fourth-order valence-corrected chi connectivity index (χ4v) is 5.91. The summed E-state index contributed by atoms with van der Waals surface area (Å²) in [6, 6.07) is 21.1. The van der Waals surface area contributed by atoms with Crippen LogP contribution in [-0.2, 0) is 32.0 Å². The third-order valence-corrected chi connectivity index (χ3v) is 8.57. The highest BCUT2D eigenvalue weighted by Gasteiger charge is 2.18. The summed E-state index contributed by atoms with van der Waals surface area (Å²) in [5.74, 6) is -0.738. The Morgan fingerprint density at radius 1 is 0.896 bits per heavy atom. The van der Waals surface area contributed by atoms with Gasteiger partial charge in [-0.05, 0) is 53.9 Å². The molecule has 9 nitrogen and oxygen atoms in total. The number of ketones is 1. The predicted octanol–water partition coefficient (Wildman–Crippen LogP) is 6.99. The van der Waals surface area contributed by atoms with Gasteiger partial charge < -0.3 is 24.4 Å². The fourth-order valence-electron chi connectivity index (χ4n) is 4.87. The van der Waals surface area contributed by atoms with Crippen LogP contribution in [0.2, 0.25) is 0 Å². The van der Waals surface area contributed by atoms with E-state index in [1.165, 1.54) is 28.4 Å². The number of benzene rings is 2. The second-order valence-corrected chi connectivity index (χ2v) is 12.2. The van der Waals surface area contributed by atoms with Crippen molar-refractivity contribution in [3.63, 3.8) is 0 Å². The Labute approximate surface area is 283 Å². The number of carbonyl (C=O) groups is 2.